The number of halogens is 3. The molecule has 0 spiro atoms. The van der Waals surface area contributed by atoms with Gasteiger partial charge in [0.05, 0.1) is 5.54 Å². The van der Waals surface area contributed by atoms with E-state index < -0.39 is 18.1 Å². The van der Waals surface area contributed by atoms with Crippen molar-refractivity contribution in [2.24, 2.45) is 0 Å². The van der Waals surface area contributed by atoms with Crippen molar-refractivity contribution in [3.8, 4) is 0 Å². The Balaban J connectivity index is 2.60. The summed E-state index contributed by atoms with van der Waals surface area (Å²) in [6.45, 7) is 4.56. The molecule has 98 valence electrons. The fourth-order valence-corrected chi connectivity index (χ4v) is 2.61. The minimum absolute atomic E-state index is 0.118. The van der Waals surface area contributed by atoms with Gasteiger partial charge in [-0.25, -0.2) is 4.98 Å². The molecule has 1 heterocycles. The van der Waals surface area contributed by atoms with Crippen molar-refractivity contribution in [3.63, 3.8) is 0 Å². The Kier molecular flexibility index (Phi) is 4.94. The number of rotatable bonds is 6. The zero-order valence-corrected chi connectivity index (χ0v) is 10.8. The molecule has 0 saturated carbocycles. The van der Waals surface area contributed by atoms with E-state index in [1.54, 1.807) is 6.20 Å². The van der Waals surface area contributed by atoms with Gasteiger partial charge in [-0.1, -0.05) is 6.92 Å². The molecule has 1 atom stereocenters. The fraction of sp³-hybridized carbons (Fsp3) is 0.727. The van der Waals surface area contributed by atoms with E-state index >= 15 is 0 Å². The normalized spacial score (nSPS) is 15.8. The molecule has 0 bridgehead atoms. The third-order valence-electron chi connectivity index (χ3n) is 2.61. The van der Waals surface area contributed by atoms with Crippen LogP contribution in [-0.4, -0.2) is 17.7 Å². The van der Waals surface area contributed by atoms with Gasteiger partial charge < -0.3 is 5.32 Å². The van der Waals surface area contributed by atoms with E-state index in [1.807, 2.05) is 19.2 Å². The van der Waals surface area contributed by atoms with Gasteiger partial charge >= 0.3 is 6.18 Å². The number of nitrogens with one attached hydrogen (secondary N) is 1. The van der Waals surface area contributed by atoms with Crippen molar-refractivity contribution in [2.45, 2.75) is 44.8 Å². The summed E-state index contributed by atoms with van der Waals surface area (Å²) in [6, 6.07) is 0. The van der Waals surface area contributed by atoms with Gasteiger partial charge in [-0.15, -0.1) is 11.3 Å². The van der Waals surface area contributed by atoms with Crippen LogP contribution in [0.5, 0.6) is 0 Å². The van der Waals surface area contributed by atoms with Gasteiger partial charge in [-0.3, -0.25) is 0 Å². The standard InChI is InChI=1S/C11H17F3N2S/c1-3-16-10(2,9-15-7-8-17-9)5-4-6-11(12,13)14/h7-8,16H,3-6H2,1-2H3. The monoisotopic (exact) mass is 266 g/mol. The molecule has 1 unspecified atom stereocenters. The molecule has 0 fully saturated rings. The lowest BCUT2D eigenvalue weighted by Crippen LogP contribution is -2.39. The second-order valence-electron chi connectivity index (χ2n) is 4.17. The van der Waals surface area contributed by atoms with Crippen LogP contribution in [0.25, 0.3) is 0 Å². The average molecular weight is 266 g/mol. The third-order valence-corrected chi connectivity index (χ3v) is 3.65. The molecule has 1 aromatic heterocycles. The molecule has 17 heavy (non-hydrogen) atoms. The predicted molar refractivity (Wildman–Crippen MR) is 63.0 cm³/mol. The Labute approximate surface area is 103 Å². The van der Waals surface area contributed by atoms with E-state index in [4.69, 9.17) is 0 Å². The Hall–Kier alpha value is -0.620. The predicted octanol–water partition coefficient (Wildman–Crippen LogP) is 3.70. The summed E-state index contributed by atoms with van der Waals surface area (Å²) in [5.74, 6) is 0. The van der Waals surface area contributed by atoms with Gasteiger partial charge in [0.15, 0.2) is 0 Å². The summed E-state index contributed by atoms with van der Waals surface area (Å²) in [5, 5.41) is 5.92. The molecule has 0 radical (unpaired) electrons. The van der Waals surface area contributed by atoms with E-state index in [1.165, 1.54) is 11.3 Å². The lowest BCUT2D eigenvalue weighted by atomic mass is 9.95. The zero-order chi connectivity index (χ0) is 12.9. The number of hydrogen-bond acceptors (Lipinski definition) is 3. The SMILES string of the molecule is CCNC(C)(CCCC(F)(F)F)c1nccs1. The van der Waals surface area contributed by atoms with Gasteiger partial charge in [0.1, 0.15) is 5.01 Å². The minimum atomic E-state index is -4.07. The summed E-state index contributed by atoms with van der Waals surface area (Å²) in [7, 11) is 0. The number of hydrogen-bond donors (Lipinski definition) is 1. The van der Waals surface area contributed by atoms with Crippen LogP contribution >= 0.6 is 11.3 Å². The Morgan fingerprint density at radius 1 is 1.35 bits per heavy atom. The maximum Gasteiger partial charge on any atom is 0.389 e. The average Bonchev–Trinajstić information content (AvgIpc) is 2.68. The molecule has 0 aliphatic rings. The van der Waals surface area contributed by atoms with E-state index in [0.717, 1.165) is 5.01 Å². The topological polar surface area (TPSA) is 24.9 Å². The second kappa shape index (κ2) is 5.82. The minimum Gasteiger partial charge on any atom is -0.306 e. The zero-order valence-electron chi connectivity index (χ0n) is 9.97. The molecule has 0 aliphatic carbocycles. The first kappa shape index (κ1) is 14.4. The molecular formula is C11H17F3N2S. The van der Waals surface area contributed by atoms with Crippen LogP contribution in [0.4, 0.5) is 13.2 Å². The first-order chi connectivity index (χ1) is 7.87. The van der Waals surface area contributed by atoms with E-state index in [-0.39, 0.29) is 6.42 Å². The van der Waals surface area contributed by atoms with Crippen molar-refractivity contribution in [1.29, 1.82) is 0 Å². The highest BCUT2D eigenvalue weighted by atomic mass is 32.1. The lowest BCUT2D eigenvalue weighted by molar-refractivity contribution is -0.136. The second-order valence-corrected chi connectivity index (χ2v) is 5.06. The maximum absolute atomic E-state index is 12.1. The lowest BCUT2D eigenvalue weighted by Gasteiger charge is -2.28. The number of nitrogens with zero attached hydrogens (tertiary/aromatic N) is 1. The number of aromatic nitrogens is 1. The Bertz CT molecular complexity index is 324. The first-order valence-corrected chi connectivity index (χ1v) is 6.47. The van der Waals surface area contributed by atoms with Crippen LogP contribution in [0.15, 0.2) is 11.6 Å². The maximum atomic E-state index is 12.1. The fourth-order valence-electron chi connectivity index (χ4n) is 1.80. The molecule has 0 saturated heterocycles. The molecule has 0 aliphatic heterocycles. The summed E-state index contributed by atoms with van der Waals surface area (Å²) in [4.78, 5) is 4.20. The molecule has 0 amide bonds. The highest BCUT2D eigenvalue weighted by Crippen LogP contribution is 2.31. The molecule has 2 nitrogen and oxygen atoms in total. The van der Waals surface area contributed by atoms with Crippen molar-refractivity contribution < 1.29 is 13.2 Å². The first-order valence-electron chi connectivity index (χ1n) is 5.59. The van der Waals surface area contributed by atoms with Crippen LogP contribution in [0.1, 0.15) is 38.1 Å². The van der Waals surface area contributed by atoms with Gasteiger partial charge in [-0.2, -0.15) is 13.2 Å². The molecular weight excluding hydrogens is 249 g/mol. The van der Waals surface area contributed by atoms with E-state index in [0.29, 0.717) is 13.0 Å². The summed E-state index contributed by atoms with van der Waals surface area (Å²) in [6.07, 6.45) is -2.57. The summed E-state index contributed by atoms with van der Waals surface area (Å²) < 4.78 is 36.4. The largest absolute Gasteiger partial charge is 0.389 e. The van der Waals surface area contributed by atoms with Crippen LogP contribution in [0, 0.1) is 0 Å². The Morgan fingerprint density at radius 3 is 2.53 bits per heavy atom. The molecule has 6 heteroatoms. The van der Waals surface area contributed by atoms with E-state index in [9.17, 15) is 13.2 Å². The van der Waals surface area contributed by atoms with Gasteiger partial charge in [0, 0.05) is 18.0 Å². The van der Waals surface area contributed by atoms with Gasteiger partial charge in [0.25, 0.3) is 0 Å². The van der Waals surface area contributed by atoms with Gasteiger partial charge in [-0.05, 0) is 26.3 Å². The number of alkyl halides is 3. The van der Waals surface area contributed by atoms with Gasteiger partial charge in [0.2, 0.25) is 0 Å². The smallest absolute Gasteiger partial charge is 0.306 e. The van der Waals surface area contributed by atoms with Crippen LogP contribution in [-0.2, 0) is 5.54 Å². The highest BCUT2D eigenvalue weighted by Gasteiger charge is 2.31. The van der Waals surface area contributed by atoms with Crippen LogP contribution in [0.2, 0.25) is 0 Å². The molecule has 0 aromatic carbocycles. The summed E-state index contributed by atoms with van der Waals surface area (Å²) >= 11 is 1.47. The van der Waals surface area contributed by atoms with Crippen LogP contribution < -0.4 is 5.32 Å². The van der Waals surface area contributed by atoms with Crippen molar-refractivity contribution in [1.82, 2.24) is 10.3 Å². The molecule has 1 rings (SSSR count). The van der Waals surface area contributed by atoms with Crippen molar-refractivity contribution in [2.75, 3.05) is 6.54 Å². The Morgan fingerprint density at radius 2 is 2.06 bits per heavy atom. The molecule has 1 aromatic rings. The van der Waals surface area contributed by atoms with Crippen molar-refractivity contribution >= 4 is 11.3 Å². The van der Waals surface area contributed by atoms with Crippen LogP contribution in [0.3, 0.4) is 0 Å². The summed E-state index contributed by atoms with van der Waals surface area (Å²) in [5.41, 5.74) is -0.450. The number of thiazole rings is 1. The molecule has 1 N–H and O–H groups in total. The van der Waals surface area contributed by atoms with E-state index in [2.05, 4.69) is 10.3 Å². The highest BCUT2D eigenvalue weighted by molar-refractivity contribution is 7.09. The quantitative estimate of drug-likeness (QED) is 0.849. The third kappa shape index (κ3) is 4.63. The van der Waals surface area contributed by atoms with Crippen molar-refractivity contribution in [3.05, 3.63) is 16.6 Å².